The molecule has 9 heteroatoms. The normalized spacial score (nSPS) is 12.9. The minimum atomic E-state index is -3.86. The molecular formula is C11H18N4O4S. The number of nitrogens with two attached hydrogens (primary N) is 1. The SMILES string of the molecule is CCC(C)CNS(=O)(=O)c1cc([N+](=O)[O-])ccc1NN. The summed E-state index contributed by atoms with van der Waals surface area (Å²) in [6, 6.07) is 3.42. The number of hydrazine groups is 1. The van der Waals surface area contributed by atoms with Crippen molar-refractivity contribution in [2.45, 2.75) is 25.2 Å². The Morgan fingerprint density at radius 2 is 2.10 bits per heavy atom. The van der Waals surface area contributed by atoms with E-state index in [2.05, 4.69) is 10.1 Å². The Hall–Kier alpha value is -1.71. The summed E-state index contributed by atoms with van der Waals surface area (Å²) in [5.74, 6) is 5.41. The van der Waals surface area contributed by atoms with Crippen LogP contribution in [0.15, 0.2) is 23.1 Å². The fourth-order valence-electron chi connectivity index (χ4n) is 1.44. The molecule has 1 aromatic carbocycles. The number of sulfonamides is 1. The van der Waals surface area contributed by atoms with E-state index in [0.717, 1.165) is 12.5 Å². The third kappa shape index (κ3) is 3.89. The Labute approximate surface area is 117 Å². The highest BCUT2D eigenvalue weighted by Gasteiger charge is 2.22. The quantitative estimate of drug-likeness (QED) is 0.394. The molecule has 1 aromatic rings. The first kappa shape index (κ1) is 16.3. The molecule has 0 saturated heterocycles. The lowest BCUT2D eigenvalue weighted by atomic mass is 10.1. The van der Waals surface area contributed by atoms with Gasteiger partial charge in [0.2, 0.25) is 10.0 Å². The minimum absolute atomic E-state index is 0.104. The summed E-state index contributed by atoms with van der Waals surface area (Å²) in [5, 5.41) is 10.7. The topological polar surface area (TPSA) is 127 Å². The van der Waals surface area contributed by atoms with Crippen LogP contribution in [0.1, 0.15) is 20.3 Å². The van der Waals surface area contributed by atoms with E-state index in [1.54, 1.807) is 0 Å². The summed E-state index contributed by atoms with van der Waals surface area (Å²) in [5.41, 5.74) is 2.02. The number of benzene rings is 1. The Bertz CT molecular complexity index is 588. The smallest absolute Gasteiger partial charge is 0.270 e. The molecule has 0 bridgehead atoms. The number of nitro groups is 1. The zero-order valence-electron chi connectivity index (χ0n) is 11.3. The molecule has 0 aliphatic rings. The predicted molar refractivity (Wildman–Crippen MR) is 75.6 cm³/mol. The van der Waals surface area contributed by atoms with Crippen LogP contribution in [-0.2, 0) is 10.0 Å². The fraction of sp³-hybridized carbons (Fsp3) is 0.455. The summed E-state index contributed by atoms with van der Waals surface area (Å²) >= 11 is 0. The van der Waals surface area contributed by atoms with Gasteiger partial charge in [-0.25, -0.2) is 13.1 Å². The number of rotatable bonds is 7. The Kier molecular flexibility index (Phi) is 5.43. The van der Waals surface area contributed by atoms with Gasteiger partial charge in [-0.2, -0.15) is 0 Å². The van der Waals surface area contributed by atoms with Crippen LogP contribution in [0.3, 0.4) is 0 Å². The minimum Gasteiger partial charge on any atom is -0.323 e. The molecule has 0 aliphatic heterocycles. The average molecular weight is 302 g/mol. The van der Waals surface area contributed by atoms with E-state index in [9.17, 15) is 18.5 Å². The number of hydrogen-bond acceptors (Lipinski definition) is 6. The first-order chi connectivity index (χ1) is 9.31. The summed E-state index contributed by atoms with van der Waals surface area (Å²) in [6.45, 7) is 4.10. The summed E-state index contributed by atoms with van der Waals surface area (Å²) < 4.78 is 26.8. The van der Waals surface area contributed by atoms with Gasteiger partial charge in [0.05, 0.1) is 10.6 Å². The molecule has 1 unspecified atom stereocenters. The van der Waals surface area contributed by atoms with Gasteiger partial charge in [-0.15, -0.1) is 0 Å². The maximum atomic E-state index is 12.2. The van der Waals surface area contributed by atoms with Crippen molar-refractivity contribution in [3.63, 3.8) is 0 Å². The molecule has 112 valence electrons. The number of nitrogens with one attached hydrogen (secondary N) is 2. The third-order valence-corrected chi connectivity index (χ3v) is 4.40. The van der Waals surface area contributed by atoms with E-state index in [4.69, 9.17) is 5.84 Å². The van der Waals surface area contributed by atoms with Gasteiger partial charge in [0, 0.05) is 18.7 Å². The maximum Gasteiger partial charge on any atom is 0.270 e. The lowest BCUT2D eigenvalue weighted by Gasteiger charge is -2.13. The first-order valence-electron chi connectivity index (χ1n) is 6.06. The van der Waals surface area contributed by atoms with Gasteiger partial charge < -0.3 is 5.43 Å². The van der Waals surface area contributed by atoms with Crippen LogP contribution in [0.2, 0.25) is 0 Å². The molecule has 0 aliphatic carbocycles. The molecule has 0 heterocycles. The lowest BCUT2D eigenvalue weighted by molar-refractivity contribution is -0.385. The number of nitrogens with zero attached hydrogens (tertiary/aromatic N) is 1. The molecule has 0 fully saturated rings. The maximum absolute atomic E-state index is 12.2. The van der Waals surface area contributed by atoms with Gasteiger partial charge in [-0.05, 0) is 12.0 Å². The lowest BCUT2D eigenvalue weighted by Crippen LogP contribution is -2.29. The van der Waals surface area contributed by atoms with Crippen molar-refractivity contribution >= 4 is 21.4 Å². The van der Waals surface area contributed by atoms with E-state index < -0.39 is 14.9 Å². The molecule has 8 nitrogen and oxygen atoms in total. The molecule has 0 spiro atoms. The second-order valence-corrected chi connectivity index (χ2v) is 6.18. The zero-order chi connectivity index (χ0) is 15.3. The molecule has 20 heavy (non-hydrogen) atoms. The van der Waals surface area contributed by atoms with Crippen LogP contribution in [0.4, 0.5) is 11.4 Å². The standard InChI is InChI=1S/C11H18N4O4S/c1-3-8(2)7-13-20(18,19)11-6-9(15(16)17)4-5-10(11)14-12/h4-6,8,13-14H,3,7,12H2,1-2H3. The third-order valence-electron chi connectivity index (χ3n) is 2.94. The van der Waals surface area contributed by atoms with Gasteiger partial charge >= 0.3 is 0 Å². The number of hydrogen-bond donors (Lipinski definition) is 3. The van der Waals surface area contributed by atoms with Crippen LogP contribution in [0.5, 0.6) is 0 Å². The molecule has 4 N–H and O–H groups in total. The van der Waals surface area contributed by atoms with Gasteiger partial charge in [-0.1, -0.05) is 20.3 Å². The molecule has 0 radical (unpaired) electrons. The van der Waals surface area contributed by atoms with Crippen LogP contribution < -0.4 is 16.0 Å². The van der Waals surface area contributed by atoms with Crippen LogP contribution in [0.25, 0.3) is 0 Å². The van der Waals surface area contributed by atoms with Crippen molar-refractivity contribution in [1.82, 2.24) is 4.72 Å². The van der Waals surface area contributed by atoms with Crippen LogP contribution in [0, 0.1) is 16.0 Å². The Morgan fingerprint density at radius 3 is 2.60 bits per heavy atom. The monoisotopic (exact) mass is 302 g/mol. The molecule has 1 rings (SSSR count). The van der Waals surface area contributed by atoms with Crippen LogP contribution in [-0.4, -0.2) is 19.9 Å². The van der Waals surface area contributed by atoms with Crippen molar-refractivity contribution in [3.05, 3.63) is 28.3 Å². The summed E-state index contributed by atoms with van der Waals surface area (Å²) in [7, 11) is -3.86. The van der Waals surface area contributed by atoms with E-state index in [-0.39, 0.29) is 28.7 Å². The van der Waals surface area contributed by atoms with E-state index in [1.807, 2.05) is 13.8 Å². The van der Waals surface area contributed by atoms with Gasteiger partial charge in [0.25, 0.3) is 5.69 Å². The number of non-ortho nitro benzene ring substituents is 1. The van der Waals surface area contributed by atoms with Gasteiger partial charge in [-0.3, -0.25) is 16.0 Å². The Balaban J connectivity index is 3.14. The molecule has 1 atom stereocenters. The predicted octanol–water partition coefficient (Wildman–Crippen LogP) is 1.20. The number of nitro benzene ring substituents is 1. The van der Waals surface area contributed by atoms with E-state index in [0.29, 0.717) is 0 Å². The van der Waals surface area contributed by atoms with Crippen molar-refractivity contribution < 1.29 is 13.3 Å². The number of nitrogen functional groups attached to an aromatic ring is 1. The molecular weight excluding hydrogens is 284 g/mol. The second-order valence-electron chi connectivity index (χ2n) is 4.45. The van der Waals surface area contributed by atoms with E-state index in [1.165, 1.54) is 12.1 Å². The molecule has 0 saturated carbocycles. The Morgan fingerprint density at radius 1 is 1.45 bits per heavy atom. The van der Waals surface area contributed by atoms with Crippen LogP contribution >= 0.6 is 0 Å². The molecule has 0 aromatic heterocycles. The highest BCUT2D eigenvalue weighted by atomic mass is 32.2. The summed E-state index contributed by atoms with van der Waals surface area (Å²) in [4.78, 5) is 9.83. The molecule has 0 amide bonds. The van der Waals surface area contributed by atoms with Crippen molar-refractivity contribution in [1.29, 1.82) is 0 Å². The van der Waals surface area contributed by atoms with E-state index >= 15 is 0 Å². The van der Waals surface area contributed by atoms with Gasteiger partial charge in [0.1, 0.15) is 4.90 Å². The summed E-state index contributed by atoms with van der Waals surface area (Å²) in [6.07, 6.45) is 0.819. The highest BCUT2D eigenvalue weighted by Crippen LogP contribution is 2.25. The highest BCUT2D eigenvalue weighted by molar-refractivity contribution is 7.89. The number of anilines is 1. The average Bonchev–Trinajstić information content (AvgIpc) is 2.43. The van der Waals surface area contributed by atoms with Crippen molar-refractivity contribution in [2.75, 3.05) is 12.0 Å². The van der Waals surface area contributed by atoms with Crippen molar-refractivity contribution in [3.8, 4) is 0 Å². The largest absolute Gasteiger partial charge is 0.323 e. The second kappa shape index (κ2) is 6.64. The first-order valence-corrected chi connectivity index (χ1v) is 7.54. The van der Waals surface area contributed by atoms with Gasteiger partial charge in [0.15, 0.2) is 0 Å². The van der Waals surface area contributed by atoms with Crippen molar-refractivity contribution in [2.24, 2.45) is 11.8 Å². The zero-order valence-corrected chi connectivity index (χ0v) is 12.1. The fourth-order valence-corrected chi connectivity index (χ4v) is 2.79.